The first-order chi connectivity index (χ1) is 13.8. The molecule has 1 unspecified atom stereocenters. The van der Waals surface area contributed by atoms with Gasteiger partial charge in [-0.25, -0.2) is 9.37 Å². The molecule has 0 spiro atoms. The number of nitrogens with one attached hydrogen (secondary N) is 1. The molecule has 2 N–H and O–H groups in total. The van der Waals surface area contributed by atoms with Crippen LogP contribution in [0.3, 0.4) is 0 Å². The van der Waals surface area contributed by atoms with E-state index in [1.54, 1.807) is 6.07 Å². The van der Waals surface area contributed by atoms with Gasteiger partial charge in [0.2, 0.25) is 0 Å². The standard InChI is InChI=1S/C19H21F4N5O2/c1-10(2)13-8-15(28-17(26-13)24-9-25-28)27-16(18(3,4)29)11-5-6-14(12(20)7-11)30-19(21,22)23/h5-10,16,27,29H,1-4H3. The van der Waals surface area contributed by atoms with Gasteiger partial charge in [0.1, 0.15) is 12.1 Å². The highest BCUT2D eigenvalue weighted by molar-refractivity contribution is 5.48. The minimum Gasteiger partial charge on any atom is -0.403 e. The predicted molar refractivity (Wildman–Crippen MR) is 101 cm³/mol. The van der Waals surface area contributed by atoms with E-state index in [0.29, 0.717) is 17.3 Å². The quantitative estimate of drug-likeness (QED) is 0.574. The maximum absolute atomic E-state index is 14.3. The number of hydrogen-bond acceptors (Lipinski definition) is 6. The minimum absolute atomic E-state index is 0.0732. The molecule has 2 heterocycles. The molecule has 30 heavy (non-hydrogen) atoms. The summed E-state index contributed by atoms with van der Waals surface area (Å²) in [6.07, 6.45) is -3.70. The largest absolute Gasteiger partial charge is 0.573 e. The van der Waals surface area contributed by atoms with Gasteiger partial charge in [0.15, 0.2) is 11.6 Å². The molecule has 11 heteroatoms. The number of benzene rings is 1. The number of aromatic nitrogens is 4. The number of alkyl halides is 3. The van der Waals surface area contributed by atoms with Crippen molar-refractivity contribution in [3.05, 3.63) is 47.7 Å². The molecular formula is C19H21F4N5O2. The molecule has 0 fully saturated rings. The lowest BCUT2D eigenvalue weighted by Gasteiger charge is -2.31. The van der Waals surface area contributed by atoms with Gasteiger partial charge in [0.25, 0.3) is 5.78 Å². The number of fused-ring (bicyclic) bond motifs is 1. The maximum atomic E-state index is 14.3. The van der Waals surface area contributed by atoms with Gasteiger partial charge in [0.05, 0.1) is 17.3 Å². The Balaban J connectivity index is 2.02. The third kappa shape index (κ3) is 4.78. The first-order valence-electron chi connectivity index (χ1n) is 9.10. The SMILES string of the molecule is CC(C)c1cc(NC(c2ccc(OC(F)(F)F)c(F)c2)C(C)(C)O)n2ncnc2n1. The normalized spacial score (nSPS) is 13.7. The van der Waals surface area contributed by atoms with Gasteiger partial charge in [-0.1, -0.05) is 19.9 Å². The lowest BCUT2D eigenvalue weighted by Crippen LogP contribution is -2.35. The highest BCUT2D eigenvalue weighted by Gasteiger charge is 2.34. The fourth-order valence-electron chi connectivity index (χ4n) is 2.95. The van der Waals surface area contributed by atoms with Crippen LogP contribution in [0.5, 0.6) is 5.75 Å². The zero-order chi connectivity index (χ0) is 22.3. The number of rotatable bonds is 6. The Morgan fingerprint density at radius 1 is 1.17 bits per heavy atom. The van der Waals surface area contributed by atoms with E-state index in [4.69, 9.17) is 0 Å². The highest BCUT2D eigenvalue weighted by Crippen LogP contribution is 2.34. The smallest absolute Gasteiger partial charge is 0.403 e. The summed E-state index contributed by atoms with van der Waals surface area (Å²) >= 11 is 0. The average molecular weight is 427 g/mol. The van der Waals surface area contributed by atoms with Gasteiger partial charge in [-0.2, -0.15) is 14.6 Å². The Morgan fingerprint density at radius 2 is 1.87 bits per heavy atom. The molecule has 3 rings (SSSR count). The van der Waals surface area contributed by atoms with Gasteiger partial charge in [0, 0.05) is 6.07 Å². The zero-order valence-corrected chi connectivity index (χ0v) is 16.7. The third-order valence-corrected chi connectivity index (χ3v) is 4.38. The van der Waals surface area contributed by atoms with E-state index in [1.165, 1.54) is 30.8 Å². The van der Waals surface area contributed by atoms with Crippen LogP contribution >= 0.6 is 0 Å². The molecule has 1 atom stereocenters. The lowest BCUT2D eigenvalue weighted by atomic mass is 9.91. The zero-order valence-electron chi connectivity index (χ0n) is 16.7. The summed E-state index contributed by atoms with van der Waals surface area (Å²) in [5, 5.41) is 17.9. The Kier molecular flexibility index (Phi) is 5.59. The number of nitrogens with zero attached hydrogens (tertiary/aromatic N) is 4. The molecule has 0 saturated heterocycles. The van der Waals surface area contributed by atoms with E-state index in [2.05, 4.69) is 25.1 Å². The average Bonchev–Trinajstić information content (AvgIpc) is 3.08. The van der Waals surface area contributed by atoms with Gasteiger partial charge >= 0.3 is 6.36 Å². The Morgan fingerprint density at radius 3 is 2.43 bits per heavy atom. The van der Waals surface area contributed by atoms with Gasteiger partial charge in [-0.3, -0.25) is 0 Å². The molecule has 0 bridgehead atoms. The topological polar surface area (TPSA) is 84.6 Å². The minimum atomic E-state index is -5.01. The first-order valence-corrected chi connectivity index (χ1v) is 9.10. The van der Waals surface area contributed by atoms with Crippen LogP contribution < -0.4 is 10.1 Å². The van der Waals surface area contributed by atoms with Crippen LogP contribution in [0.15, 0.2) is 30.6 Å². The molecule has 162 valence electrons. The number of halogens is 4. The second-order valence-electron chi connectivity index (χ2n) is 7.66. The molecule has 0 aliphatic heterocycles. The fourth-order valence-corrected chi connectivity index (χ4v) is 2.95. The summed E-state index contributed by atoms with van der Waals surface area (Å²) in [6.45, 7) is 6.87. The van der Waals surface area contributed by atoms with E-state index >= 15 is 0 Å². The van der Waals surface area contributed by atoms with Gasteiger partial charge < -0.3 is 15.2 Å². The van der Waals surface area contributed by atoms with Gasteiger partial charge in [-0.05, 0) is 37.5 Å². The highest BCUT2D eigenvalue weighted by atomic mass is 19.4. The van der Waals surface area contributed by atoms with Crippen LogP contribution in [-0.2, 0) is 0 Å². The predicted octanol–water partition coefficient (Wildman–Crippen LogP) is 4.21. The third-order valence-electron chi connectivity index (χ3n) is 4.38. The summed E-state index contributed by atoms with van der Waals surface area (Å²) in [5.41, 5.74) is -0.495. The fraction of sp³-hybridized carbons (Fsp3) is 0.421. The van der Waals surface area contributed by atoms with E-state index in [1.807, 2.05) is 13.8 Å². The van der Waals surface area contributed by atoms with Crippen molar-refractivity contribution in [2.75, 3.05) is 5.32 Å². The van der Waals surface area contributed by atoms with Crippen molar-refractivity contribution in [1.29, 1.82) is 0 Å². The van der Waals surface area contributed by atoms with Crippen molar-refractivity contribution in [1.82, 2.24) is 19.6 Å². The molecule has 0 saturated carbocycles. The number of hydrogen-bond donors (Lipinski definition) is 2. The molecule has 2 aromatic heterocycles. The molecule has 0 aliphatic carbocycles. The molecule has 1 aromatic carbocycles. The summed E-state index contributed by atoms with van der Waals surface area (Å²) in [6, 6.07) is 3.84. The van der Waals surface area contributed by atoms with Crippen molar-refractivity contribution < 1.29 is 27.4 Å². The van der Waals surface area contributed by atoms with E-state index in [9.17, 15) is 22.7 Å². The first kappa shape index (κ1) is 21.8. The number of ether oxygens (including phenoxy) is 1. The van der Waals surface area contributed by atoms with Crippen LogP contribution in [0.4, 0.5) is 23.4 Å². The molecular weight excluding hydrogens is 406 g/mol. The second-order valence-corrected chi connectivity index (χ2v) is 7.66. The Bertz CT molecular complexity index is 1040. The molecule has 3 aromatic rings. The Labute approximate surface area is 169 Å². The van der Waals surface area contributed by atoms with Crippen molar-refractivity contribution in [3.8, 4) is 5.75 Å². The van der Waals surface area contributed by atoms with Crippen LogP contribution in [0, 0.1) is 5.82 Å². The number of anilines is 1. The van der Waals surface area contributed by atoms with E-state index in [0.717, 1.165) is 12.1 Å². The van der Waals surface area contributed by atoms with Crippen molar-refractivity contribution in [3.63, 3.8) is 0 Å². The summed E-state index contributed by atoms with van der Waals surface area (Å²) in [5.74, 6) is -1.32. The monoisotopic (exact) mass is 427 g/mol. The lowest BCUT2D eigenvalue weighted by molar-refractivity contribution is -0.275. The second kappa shape index (κ2) is 7.71. The van der Waals surface area contributed by atoms with Crippen LogP contribution in [0.1, 0.15) is 50.9 Å². The van der Waals surface area contributed by atoms with Crippen molar-refractivity contribution in [2.45, 2.75) is 51.6 Å². The van der Waals surface area contributed by atoms with Crippen molar-refractivity contribution >= 4 is 11.6 Å². The molecule has 7 nitrogen and oxygen atoms in total. The maximum Gasteiger partial charge on any atom is 0.573 e. The van der Waals surface area contributed by atoms with E-state index < -0.39 is 29.6 Å². The van der Waals surface area contributed by atoms with E-state index in [-0.39, 0.29) is 11.5 Å². The van der Waals surface area contributed by atoms with Gasteiger partial charge in [-0.15, -0.1) is 13.2 Å². The summed E-state index contributed by atoms with van der Waals surface area (Å²) in [7, 11) is 0. The Hall–Kier alpha value is -2.95. The molecule has 0 amide bonds. The van der Waals surface area contributed by atoms with Crippen LogP contribution in [0.2, 0.25) is 0 Å². The van der Waals surface area contributed by atoms with Crippen LogP contribution in [-0.4, -0.2) is 36.7 Å². The molecule has 0 aliphatic rings. The number of aliphatic hydroxyl groups is 1. The summed E-state index contributed by atoms with van der Waals surface area (Å²) in [4.78, 5) is 8.48. The van der Waals surface area contributed by atoms with Crippen LogP contribution in [0.25, 0.3) is 5.78 Å². The van der Waals surface area contributed by atoms with Crippen molar-refractivity contribution in [2.24, 2.45) is 0 Å². The molecule has 0 radical (unpaired) electrons. The summed E-state index contributed by atoms with van der Waals surface area (Å²) < 4.78 is 56.6.